The van der Waals surface area contributed by atoms with Gasteiger partial charge in [0.15, 0.2) is 17.4 Å². The van der Waals surface area contributed by atoms with Crippen molar-refractivity contribution in [2.75, 3.05) is 37.6 Å². The van der Waals surface area contributed by atoms with Crippen LogP contribution in [-0.4, -0.2) is 54.1 Å². The van der Waals surface area contributed by atoms with Crippen molar-refractivity contribution in [2.24, 2.45) is 0 Å². The third-order valence-electron chi connectivity index (χ3n) is 3.23. The van der Waals surface area contributed by atoms with Crippen LogP contribution in [-0.2, 0) is 0 Å². The zero-order chi connectivity index (χ0) is 14.0. The highest BCUT2D eigenvalue weighted by atomic mass is 16.4. The molecule has 1 fully saturated rings. The van der Waals surface area contributed by atoms with E-state index >= 15 is 0 Å². The first-order valence-corrected chi connectivity index (χ1v) is 6.65. The highest BCUT2D eigenvalue weighted by molar-refractivity contribution is 5.91. The van der Waals surface area contributed by atoms with Crippen LogP contribution in [0.15, 0.2) is 16.5 Å². The lowest BCUT2D eigenvalue weighted by atomic mass is 10.1. The summed E-state index contributed by atoms with van der Waals surface area (Å²) in [6.07, 6.45) is 0. The molecule has 0 unspecified atom stereocenters. The van der Waals surface area contributed by atoms with Crippen LogP contribution in [0.3, 0.4) is 0 Å². The number of carbonyl (C=O) groups excluding carboxylic acids is 1. The first-order valence-electron chi connectivity index (χ1n) is 6.65. The van der Waals surface area contributed by atoms with Gasteiger partial charge in [0.1, 0.15) is 0 Å². The Bertz CT molecular complexity index is 440. The van der Waals surface area contributed by atoms with Gasteiger partial charge in [-0.05, 0) is 19.9 Å². The molecule has 0 radical (unpaired) electrons. The van der Waals surface area contributed by atoms with Crippen LogP contribution in [0, 0.1) is 0 Å². The van der Waals surface area contributed by atoms with E-state index in [-0.39, 0.29) is 5.78 Å². The van der Waals surface area contributed by atoms with Crippen molar-refractivity contribution >= 4 is 11.7 Å². The minimum atomic E-state index is -0.658. The van der Waals surface area contributed by atoms with Crippen LogP contribution in [0.5, 0.6) is 0 Å². The molecule has 5 heteroatoms. The molecule has 106 valence electrons. The molecule has 0 aromatic carbocycles. The number of hydrogen-bond donors (Lipinski definition) is 1. The number of rotatable bonds is 4. The number of aliphatic hydroxyl groups is 1. The number of Topliss-reactive ketones (excluding diaryl/α,β-unsaturated/α-hetero) is 1. The molecule has 2 heterocycles. The minimum Gasteiger partial charge on any atom is -0.437 e. The molecule has 0 bridgehead atoms. The van der Waals surface area contributed by atoms with Gasteiger partial charge < -0.3 is 14.4 Å². The van der Waals surface area contributed by atoms with E-state index < -0.39 is 5.60 Å². The second-order valence-corrected chi connectivity index (χ2v) is 5.77. The highest BCUT2D eigenvalue weighted by Gasteiger charge is 2.24. The highest BCUT2D eigenvalue weighted by Crippen LogP contribution is 2.21. The van der Waals surface area contributed by atoms with Gasteiger partial charge in [-0.2, -0.15) is 0 Å². The first kappa shape index (κ1) is 14.1. The van der Waals surface area contributed by atoms with E-state index in [0.717, 1.165) is 32.1 Å². The number of piperazine rings is 1. The predicted octanol–water partition coefficient (Wildman–Crippen LogP) is 1.38. The molecule has 0 saturated carbocycles. The Hall–Kier alpha value is -1.33. The maximum Gasteiger partial charge on any atom is 0.196 e. The maximum absolute atomic E-state index is 11.2. The molecule has 1 aliphatic rings. The number of β-amino-alcohol motifs (C(OH)–C–C–N with tert-alkyl or cyclic N) is 1. The Morgan fingerprint density at radius 1 is 1.32 bits per heavy atom. The fourth-order valence-corrected chi connectivity index (χ4v) is 2.36. The summed E-state index contributed by atoms with van der Waals surface area (Å²) in [7, 11) is 0. The van der Waals surface area contributed by atoms with Crippen LogP contribution < -0.4 is 4.90 Å². The van der Waals surface area contributed by atoms with Gasteiger partial charge in [0.05, 0.1) is 5.60 Å². The Morgan fingerprint density at radius 3 is 2.42 bits per heavy atom. The SMILES string of the molecule is CC(=O)c1ccc(N2CCN(CC(C)(C)O)CC2)o1. The van der Waals surface area contributed by atoms with E-state index in [9.17, 15) is 9.90 Å². The Labute approximate surface area is 113 Å². The van der Waals surface area contributed by atoms with Crippen molar-refractivity contribution in [3.05, 3.63) is 17.9 Å². The van der Waals surface area contributed by atoms with E-state index in [1.54, 1.807) is 6.07 Å². The van der Waals surface area contributed by atoms with Crippen LogP contribution in [0.2, 0.25) is 0 Å². The summed E-state index contributed by atoms with van der Waals surface area (Å²) in [5, 5.41) is 9.81. The normalized spacial score (nSPS) is 17.8. The number of ketones is 1. The number of nitrogens with zero attached hydrogens (tertiary/aromatic N) is 2. The van der Waals surface area contributed by atoms with Crippen molar-refractivity contribution in [1.82, 2.24) is 4.90 Å². The predicted molar refractivity (Wildman–Crippen MR) is 73.7 cm³/mol. The average molecular weight is 266 g/mol. The quantitative estimate of drug-likeness (QED) is 0.834. The minimum absolute atomic E-state index is 0.0492. The Morgan fingerprint density at radius 2 is 1.95 bits per heavy atom. The molecule has 1 N–H and O–H groups in total. The van der Waals surface area contributed by atoms with Crippen LogP contribution in [0.4, 0.5) is 5.88 Å². The lowest BCUT2D eigenvalue weighted by molar-refractivity contribution is 0.0342. The molecule has 0 atom stereocenters. The zero-order valence-corrected chi connectivity index (χ0v) is 11.8. The van der Waals surface area contributed by atoms with Crippen molar-refractivity contribution in [3.8, 4) is 0 Å². The van der Waals surface area contributed by atoms with E-state index in [1.807, 2.05) is 19.9 Å². The molecule has 5 nitrogen and oxygen atoms in total. The third-order valence-corrected chi connectivity index (χ3v) is 3.23. The maximum atomic E-state index is 11.2. The molecular formula is C14H22N2O3. The fourth-order valence-electron chi connectivity index (χ4n) is 2.36. The van der Waals surface area contributed by atoms with E-state index in [2.05, 4.69) is 9.80 Å². The number of hydrogen-bond acceptors (Lipinski definition) is 5. The van der Waals surface area contributed by atoms with Crippen LogP contribution in [0.25, 0.3) is 0 Å². The Kier molecular flexibility index (Phi) is 3.96. The Balaban J connectivity index is 1.90. The zero-order valence-electron chi connectivity index (χ0n) is 11.8. The van der Waals surface area contributed by atoms with Gasteiger partial charge in [0.25, 0.3) is 0 Å². The molecule has 0 spiro atoms. The summed E-state index contributed by atoms with van der Waals surface area (Å²) in [5.41, 5.74) is -0.658. The van der Waals surface area contributed by atoms with E-state index in [0.29, 0.717) is 12.3 Å². The van der Waals surface area contributed by atoms with Gasteiger partial charge in [-0.25, -0.2) is 0 Å². The largest absolute Gasteiger partial charge is 0.437 e. The molecule has 19 heavy (non-hydrogen) atoms. The second kappa shape index (κ2) is 5.35. The first-order chi connectivity index (χ1) is 8.85. The van der Waals surface area contributed by atoms with Crippen molar-refractivity contribution in [2.45, 2.75) is 26.4 Å². The molecule has 1 aromatic heterocycles. The van der Waals surface area contributed by atoms with Gasteiger partial charge in [-0.15, -0.1) is 0 Å². The standard InChI is InChI=1S/C14H22N2O3/c1-11(17)12-4-5-13(19-12)16-8-6-15(7-9-16)10-14(2,3)18/h4-5,18H,6-10H2,1-3H3. The second-order valence-electron chi connectivity index (χ2n) is 5.77. The molecule has 2 rings (SSSR count). The van der Waals surface area contributed by atoms with Crippen LogP contribution in [0.1, 0.15) is 31.3 Å². The third kappa shape index (κ3) is 3.81. The summed E-state index contributed by atoms with van der Waals surface area (Å²) in [5.74, 6) is 1.12. The topological polar surface area (TPSA) is 56.9 Å². The smallest absolute Gasteiger partial charge is 0.196 e. The van der Waals surface area contributed by atoms with Gasteiger partial charge in [-0.3, -0.25) is 9.69 Å². The number of furan rings is 1. The molecule has 1 aromatic rings. The molecular weight excluding hydrogens is 244 g/mol. The van der Waals surface area contributed by atoms with E-state index in [4.69, 9.17) is 4.42 Å². The summed E-state index contributed by atoms with van der Waals surface area (Å²) < 4.78 is 5.53. The van der Waals surface area contributed by atoms with Crippen molar-refractivity contribution < 1.29 is 14.3 Å². The molecule has 1 aliphatic heterocycles. The molecule has 0 aliphatic carbocycles. The van der Waals surface area contributed by atoms with Crippen molar-refractivity contribution in [1.29, 1.82) is 0 Å². The van der Waals surface area contributed by atoms with Gasteiger partial charge in [0, 0.05) is 45.7 Å². The van der Waals surface area contributed by atoms with Crippen LogP contribution >= 0.6 is 0 Å². The summed E-state index contributed by atoms with van der Waals surface area (Å²) >= 11 is 0. The average Bonchev–Trinajstić information content (AvgIpc) is 2.77. The van der Waals surface area contributed by atoms with E-state index in [1.165, 1.54) is 6.92 Å². The lowest BCUT2D eigenvalue weighted by Crippen LogP contribution is -2.50. The number of carbonyl (C=O) groups is 1. The molecule has 1 saturated heterocycles. The molecule has 0 amide bonds. The summed E-state index contributed by atoms with van der Waals surface area (Å²) in [6, 6.07) is 3.57. The summed E-state index contributed by atoms with van der Waals surface area (Å²) in [6.45, 7) is 9.31. The lowest BCUT2D eigenvalue weighted by Gasteiger charge is -2.37. The fraction of sp³-hybridized carbons (Fsp3) is 0.643. The van der Waals surface area contributed by atoms with Gasteiger partial charge in [-0.1, -0.05) is 0 Å². The van der Waals surface area contributed by atoms with Gasteiger partial charge >= 0.3 is 0 Å². The van der Waals surface area contributed by atoms with Gasteiger partial charge in [0.2, 0.25) is 0 Å². The van der Waals surface area contributed by atoms with Crippen molar-refractivity contribution in [3.63, 3.8) is 0 Å². The summed E-state index contributed by atoms with van der Waals surface area (Å²) in [4.78, 5) is 15.6. The monoisotopic (exact) mass is 266 g/mol. The number of anilines is 1.